The van der Waals surface area contributed by atoms with Gasteiger partial charge in [0.15, 0.2) is 5.54 Å². The van der Waals surface area contributed by atoms with Crippen LogP contribution in [0.15, 0.2) is 30.3 Å². The number of carboxylic acids is 1. The molecule has 0 aliphatic carbocycles. The van der Waals surface area contributed by atoms with Crippen LogP contribution in [-0.4, -0.2) is 66.2 Å². The average molecular weight is 390 g/mol. The first-order chi connectivity index (χ1) is 13.5. The number of carboxylic acid groups (broad SMARTS) is 1. The van der Waals surface area contributed by atoms with E-state index in [-0.39, 0.29) is 37.9 Å². The van der Waals surface area contributed by atoms with Crippen molar-refractivity contribution in [1.29, 1.82) is 0 Å². The number of rotatable bonds is 7. The molecule has 1 aromatic rings. The van der Waals surface area contributed by atoms with Gasteiger partial charge in [-0.25, -0.2) is 4.79 Å². The molecule has 1 aromatic carbocycles. The van der Waals surface area contributed by atoms with E-state index in [0.717, 1.165) is 0 Å². The first-order valence-corrected chi connectivity index (χ1v) is 9.59. The summed E-state index contributed by atoms with van der Waals surface area (Å²) in [5, 5.41) is 12.1. The van der Waals surface area contributed by atoms with Gasteiger partial charge in [-0.1, -0.05) is 18.2 Å². The van der Waals surface area contributed by atoms with Crippen molar-refractivity contribution in [1.82, 2.24) is 10.2 Å². The maximum Gasteiger partial charge on any atom is 0.331 e. The Kier molecular flexibility index (Phi) is 6.51. The Morgan fingerprint density at radius 2 is 2.07 bits per heavy atom. The largest absolute Gasteiger partial charge is 0.493 e. The first-order valence-electron chi connectivity index (χ1n) is 9.59. The lowest BCUT2D eigenvalue weighted by molar-refractivity contribution is -0.149. The molecule has 2 heterocycles. The molecule has 8 heteroatoms. The summed E-state index contributed by atoms with van der Waals surface area (Å²) in [6.45, 7) is 1.45. The van der Waals surface area contributed by atoms with E-state index in [2.05, 4.69) is 5.32 Å². The van der Waals surface area contributed by atoms with E-state index in [1.54, 1.807) is 4.90 Å². The van der Waals surface area contributed by atoms with Crippen molar-refractivity contribution in [3.8, 4) is 5.75 Å². The van der Waals surface area contributed by atoms with Crippen molar-refractivity contribution in [3.05, 3.63) is 30.3 Å². The number of hydrogen-bond donors (Lipinski definition) is 2. The van der Waals surface area contributed by atoms with Gasteiger partial charge in [-0.3, -0.25) is 9.59 Å². The van der Waals surface area contributed by atoms with Crippen molar-refractivity contribution in [2.75, 3.05) is 32.9 Å². The number of hydrogen-bond acceptors (Lipinski definition) is 5. The highest BCUT2D eigenvalue weighted by Gasteiger charge is 2.45. The van der Waals surface area contributed by atoms with Crippen LogP contribution in [0, 0.1) is 5.92 Å². The maximum atomic E-state index is 12.6. The van der Waals surface area contributed by atoms with Gasteiger partial charge in [0, 0.05) is 26.1 Å². The molecule has 0 aromatic heterocycles. The van der Waals surface area contributed by atoms with Gasteiger partial charge >= 0.3 is 5.97 Å². The summed E-state index contributed by atoms with van der Waals surface area (Å²) in [7, 11) is 0. The van der Waals surface area contributed by atoms with Crippen LogP contribution in [0.25, 0.3) is 0 Å². The van der Waals surface area contributed by atoms with E-state index in [1.165, 1.54) is 0 Å². The molecule has 0 saturated carbocycles. The van der Waals surface area contributed by atoms with Crippen molar-refractivity contribution in [3.63, 3.8) is 0 Å². The van der Waals surface area contributed by atoms with E-state index in [9.17, 15) is 19.5 Å². The number of para-hydroxylation sites is 1. The molecule has 3 rings (SSSR count). The summed E-state index contributed by atoms with van der Waals surface area (Å²) < 4.78 is 10.7. The fraction of sp³-hybridized carbons (Fsp3) is 0.550. The van der Waals surface area contributed by atoms with Gasteiger partial charge in [-0.05, 0) is 25.0 Å². The lowest BCUT2D eigenvalue weighted by Gasteiger charge is -2.34. The predicted octanol–water partition coefficient (Wildman–Crippen LogP) is 1.05. The molecule has 152 valence electrons. The number of carbonyl (C=O) groups excluding carboxylic acids is 2. The molecule has 0 spiro atoms. The lowest BCUT2D eigenvalue weighted by Crippen LogP contribution is -2.58. The second-order valence-corrected chi connectivity index (χ2v) is 7.27. The van der Waals surface area contributed by atoms with Gasteiger partial charge in [-0.2, -0.15) is 0 Å². The van der Waals surface area contributed by atoms with E-state index in [4.69, 9.17) is 9.47 Å². The van der Waals surface area contributed by atoms with Gasteiger partial charge in [0.25, 0.3) is 0 Å². The van der Waals surface area contributed by atoms with Crippen molar-refractivity contribution >= 4 is 17.8 Å². The first kappa shape index (κ1) is 20.1. The normalized spacial score (nSPS) is 24.6. The monoisotopic (exact) mass is 390 g/mol. The number of ether oxygens (including phenoxy) is 2. The van der Waals surface area contributed by atoms with Crippen molar-refractivity contribution in [2.24, 2.45) is 5.92 Å². The van der Waals surface area contributed by atoms with E-state index in [1.807, 2.05) is 30.3 Å². The van der Waals surface area contributed by atoms with E-state index < -0.39 is 17.4 Å². The number of nitrogens with zero attached hydrogens (tertiary/aromatic N) is 1. The molecule has 8 nitrogen and oxygen atoms in total. The molecule has 28 heavy (non-hydrogen) atoms. The zero-order valence-electron chi connectivity index (χ0n) is 15.8. The molecule has 0 radical (unpaired) electrons. The lowest BCUT2D eigenvalue weighted by atomic mass is 9.93. The smallest absolute Gasteiger partial charge is 0.331 e. The van der Waals surface area contributed by atoms with Gasteiger partial charge in [0.05, 0.1) is 25.6 Å². The van der Waals surface area contributed by atoms with Crippen LogP contribution in [0.3, 0.4) is 0 Å². The molecule has 2 fully saturated rings. The third kappa shape index (κ3) is 4.81. The van der Waals surface area contributed by atoms with Crippen LogP contribution in [0.4, 0.5) is 0 Å². The summed E-state index contributed by atoms with van der Waals surface area (Å²) in [5.41, 5.74) is -1.35. The maximum absolute atomic E-state index is 12.6. The molecule has 0 bridgehead atoms. The van der Waals surface area contributed by atoms with Crippen LogP contribution in [0.2, 0.25) is 0 Å². The fourth-order valence-corrected chi connectivity index (χ4v) is 3.57. The zero-order valence-corrected chi connectivity index (χ0v) is 15.8. The number of nitrogens with one attached hydrogen (secondary N) is 1. The number of benzene rings is 1. The molecule has 2 N–H and O–H groups in total. The summed E-state index contributed by atoms with van der Waals surface area (Å²) in [6, 6.07) is 9.28. The van der Waals surface area contributed by atoms with Gasteiger partial charge in [0.2, 0.25) is 11.8 Å². The van der Waals surface area contributed by atoms with Crippen LogP contribution >= 0.6 is 0 Å². The molecular formula is C20H26N2O6. The van der Waals surface area contributed by atoms with Gasteiger partial charge in [-0.15, -0.1) is 0 Å². The third-order valence-corrected chi connectivity index (χ3v) is 5.27. The highest BCUT2D eigenvalue weighted by atomic mass is 16.5. The molecule has 2 atom stereocenters. The summed E-state index contributed by atoms with van der Waals surface area (Å²) in [6.07, 6.45) is 1.82. The molecule has 2 unspecified atom stereocenters. The molecule has 2 saturated heterocycles. The summed E-state index contributed by atoms with van der Waals surface area (Å²) in [5.74, 6) is -1.18. The van der Waals surface area contributed by atoms with Crippen molar-refractivity contribution < 1.29 is 29.0 Å². The quantitative estimate of drug-likeness (QED) is 0.721. The number of piperidine rings is 1. The van der Waals surface area contributed by atoms with Crippen LogP contribution < -0.4 is 10.1 Å². The highest BCUT2D eigenvalue weighted by molar-refractivity contribution is 5.89. The molecule has 2 aliphatic rings. The minimum atomic E-state index is -1.35. The Hall–Kier alpha value is -2.61. The predicted molar refractivity (Wildman–Crippen MR) is 99.8 cm³/mol. The Morgan fingerprint density at radius 1 is 1.29 bits per heavy atom. The minimum Gasteiger partial charge on any atom is -0.493 e. The Labute approximate surface area is 163 Å². The second-order valence-electron chi connectivity index (χ2n) is 7.27. The van der Waals surface area contributed by atoms with E-state index in [0.29, 0.717) is 38.3 Å². The van der Waals surface area contributed by atoms with E-state index >= 15 is 0 Å². The average Bonchev–Trinajstić information content (AvgIpc) is 3.19. The molecular weight excluding hydrogens is 364 g/mol. The Balaban J connectivity index is 1.49. The molecule has 2 aliphatic heterocycles. The zero-order chi connectivity index (χ0) is 20.0. The summed E-state index contributed by atoms with van der Waals surface area (Å²) in [4.78, 5) is 38.4. The Morgan fingerprint density at radius 3 is 2.75 bits per heavy atom. The van der Waals surface area contributed by atoms with Crippen LogP contribution in [-0.2, 0) is 19.1 Å². The highest BCUT2D eigenvalue weighted by Crippen LogP contribution is 2.23. The SMILES string of the molecule is O=C(NC1(C(=O)O)CCOC1)C1CCCN(C(=O)CCOc2ccccc2)C1. The minimum absolute atomic E-state index is 0.0275. The second kappa shape index (κ2) is 9.05. The topological polar surface area (TPSA) is 105 Å². The van der Waals surface area contributed by atoms with Crippen molar-refractivity contribution in [2.45, 2.75) is 31.2 Å². The van der Waals surface area contributed by atoms with Gasteiger partial charge in [0.1, 0.15) is 5.75 Å². The number of aliphatic carboxylic acids is 1. The van der Waals surface area contributed by atoms with Crippen LogP contribution in [0.5, 0.6) is 5.75 Å². The number of likely N-dealkylation sites (tertiary alicyclic amines) is 1. The summed E-state index contributed by atoms with van der Waals surface area (Å²) >= 11 is 0. The fourth-order valence-electron chi connectivity index (χ4n) is 3.57. The third-order valence-electron chi connectivity index (χ3n) is 5.27. The number of carbonyl (C=O) groups is 3. The molecule has 2 amide bonds. The number of amides is 2. The van der Waals surface area contributed by atoms with Crippen LogP contribution in [0.1, 0.15) is 25.7 Å². The standard InChI is InChI=1S/C20H26N2O6/c23-17(8-11-28-16-6-2-1-3-7-16)22-10-4-5-15(13-22)18(24)21-20(19(25)26)9-12-27-14-20/h1-3,6-7,15H,4-5,8-14H2,(H,21,24)(H,25,26). The Bertz CT molecular complexity index is 702. The van der Waals surface area contributed by atoms with Gasteiger partial charge < -0.3 is 24.8 Å².